The first-order valence-electron chi connectivity index (χ1n) is 9.36. The molecule has 0 bridgehead atoms. The first-order valence-corrected chi connectivity index (χ1v) is 9.36. The maximum atomic E-state index is 4.84. The molecule has 2 aromatic rings. The monoisotopic (exact) mass is 334 g/mol. The topological polar surface area (TPSA) is 41.4 Å². The second kappa shape index (κ2) is 7.04. The molecule has 0 saturated heterocycles. The van der Waals surface area contributed by atoms with Crippen LogP contribution in [0.4, 0.5) is 0 Å². The Hall–Kier alpha value is -2.07. The normalized spacial score (nSPS) is 17.9. The molecule has 1 aromatic carbocycles. The summed E-state index contributed by atoms with van der Waals surface area (Å²) >= 11 is 0. The lowest BCUT2D eigenvalue weighted by Crippen LogP contribution is -2.31. The van der Waals surface area contributed by atoms with Crippen molar-refractivity contribution >= 4 is 5.71 Å². The molecule has 3 heterocycles. The molecule has 2 aliphatic rings. The second-order valence-electron chi connectivity index (χ2n) is 7.27. The van der Waals surface area contributed by atoms with E-state index in [2.05, 4.69) is 46.9 Å². The highest BCUT2D eigenvalue weighted by molar-refractivity contribution is 5.97. The van der Waals surface area contributed by atoms with E-state index < -0.39 is 0 Å². The molecule has 2 aliphatic heterocycles. The van der Waals surface area contributed by atoms with Crippen molar-refractivity contribution in [1.29, 1.82) is 0 Å². The highest BCUT2D eigenvalue weighted by atomic mass is 15.1. The van der Waals surface area contributed by atoms with Gasteiger partial charge >= 0.3 is 0 Å². The summed E-state index contributed by atoms with van der Waals surface area (Å²) in [5.74, 6) is 0.862. The Morgan fingerprint density at radius 3 is 2.88 bits per heavy atom. The zero-order valence-corrected chi connectivity index (χ0v) is 15.3. The summed E-state index contributed by atoms with van der Waals surface area (Å²) < 4.78 is 0. The summed E-state index contributed by atoms with van der Waals surface area (Å²) in [7, 11) is 0. The lowest BCUT2D eigenvalue weighted by molar-refractivity contribution is 0.242. The molecule has 130 valence electrons. The molecule has 0 aliphatic carbocycles. The summed E-state index contributed by atoms with van der Waals surface area (Å²) in [6.45, 7) is 8.34. The van der Waals surface area contributed by atoms with Gasteiger partial charge in [0, 0.05) is 44.4 Å². The Kier molecular flexibility index (Phi) is 4.62. The van der Waals surface area contributed by atoms with E-state index in [4.69, 9.17) is 4.98 Å². The van der Waals surface area contributed by atoms with Crippen LogP contribution >= 0.6 is 0 Å². The number of fused-ring (bicyclic) bond motifs is 1. The second-order valence-corrected chi connectivity index (χ2v) is 7.27. The Morgan fingerprint density at radius 2 is 2.04 bits per heavy atom. The van der Waals surface area contributed by atoms with Crippen molar-refractivity contribution < 1.29 is 0 Å². The molecule has 1 aromatic heterocycles. The Balaban J connectivity index is 1.50. The minimum Gasteiger partial charge on any atom is -0.294 e. The van der Waals surface area contributed by atoms with E-state index in [0.29, 0.717) is 0 Å². The number of rotatable bonds is 3. The van der Waals surface area contributed by atoms with Crippen LogP contribution in [0, 0.1) is 13.8 Å². The van der Waals surface area contributed by atoms with Gasteiger partial charge in [-0.15, -0.1) is 0 Å². The Labute approximate surface area is 150 Å². The summed E-state index contributed by atoms with van der Waals surface area (Å²) in [5.41, 5.74) is 7.81. The first-order chi connectivity index (χ1) is 12.2. The van der Waals surface area contributed by atoms with Gasteiger partial charge in [0.2, 0.25) is 0 Å². The average Bonchev–Trinajstić information content (AvgIpc) is 2.66. The zero-order valence-electron chi connectivity index (χ0n) is 15.3. The van der Waals surface area contributed by atoms with Gasteiger partial charge in [0.15, 0.2) is 5.82 Å². The van der Waals surface area contributed by atoms with Crippen LogP contribution < -0.4 is 0 Å². The number of benzene rings is 1. The molecule has 4 nitrogen and oxygen atoms in total. The molecule has 4 rings (SSSR count). The highest BCUT2D eigenvalue weighted by Crippen LogP contribution is 2.22. The Morgan fingerprint density at radius 1 is 1.12 bits per heavy atom. The molecule has 4 heteroatoms. The van der Waals surface area contributed by atoms with E-state index >= 15 is 0 Å². The molecule has 0 saturated carbocycles. The number of aliphatic imine (C=N–C) groups is 1. The van der Waals surface area contributed by atoms with Crippen molar-refractivity contribution in [2.45, 2.75) is 52.6 Å². The third-order valence-electron chi connectivity index (χ3n) is 5.51. The van der Waals surface area contributed by atoms with Crippen LogP contribution in [0.15, 0.2) is 29.4 Å². The van der Waals surface area contributed by atoms with Gasteiger partial charge in [-0.1, -0.05) is 18.2 Å². The fourth-order valence-electron chi connectivity index (χ4n) is 3.75. The molecule has 0 atom stereocenters. The number of aromatic nitrogens is 2. The van der Waals surface area contributed by atoms with E-state index in [1.54, 1.807) is 0 Å². The van der Waals surface area contributed by atoms with Gasteiger partial charge in [-0.05, 0) is 49.8 Å². The molecule has 0 amide bonds. The van der Waals surface area contributed by atoms with Crippen molar-refractivity contribution in [2.75, 3.05) is 13.1 Å². The van der Waals surface area contributed by atoms with Gasteiger partial charge in [0.05, 0.1) is 11.4 Å². The van der Waals surface area contributed by atoms with Crippen LogP contribution in [0.5, 0.6) is 0 Å². The van der Waals surface area contributed by atoms with E-state index in [0.717, 1.165) is 50.6 Å². The van der Waals surface area contributed by atoms with Crippen LogP contribution in [-0.4, -0.2) is 33.7 Å². The lowest BCUT2D eigenvalue weighted by Gasteiger charge is -2.29. The average molecular weight is 334 g/mol. The predicted molar refractivity (Wildman–Crippen MR) is 101 cm³/mol. The standard InChI is InChI=1S/C21H26N4/c1-15-6-5-7-17(16(15)2)13-25-11-9-19-18(14-25)12-23-21(24-19)20-8-3-4-10-22-20/h5-7,12H,3-4,8-11,13-14H2,1-2H3. The van der Waals surface area contributed by atoms with Gasteiger partial charge < -0.3 is 0 Å². The quantitative estimate of drug-likeness (QED) is 0.861. The third-order valence-corrected chi connectivity index (χ3v) is 5.51. The summed E-state index contributed by atoms with van der Waals surface area (Å²) in [6, 6.07) is 6.60. The molecule has 0 N–H and O–H groups in total. The molecular formula is C21H26N4. The summed E-state index contributed by atoms with van der Waals surface area (Å²) in [5, 5.41) is 0. The van der Waals surface area contributed by atoms with Crippen LogP contribution in [0.25, 0.3) is 0 Å². The van der Waals surface area contributed by atoms with Crippen molar-refractivity contribution in [3.63, 3.8) is 0 Å². The number of nitrogens with zero attached hydrogens (tertiary/aromatic N) is 4. The van der Waals surface area contributed by atoms with Gasteiger partial charge in [-0.3, -0.25) is 9.89 Å². The highest BCUT2D eigenvalue weighted by Gasteiger charge is 2.20. The number of hydrogen-bond donors (Lipinski definition) is 0. The van der Waals surface area contributed by atoms with Gasteiger partial charge in [-0.2, -0.15) is 0 Å². The van der Waals surface area contributed by atoms with Crippen molar-refractivity contribution in [3.05, 3.63) is 58.2 Å². The SMILES string of the molecule is Cc1cccc(CN2CCc3nc(C4=NCCCC4)ncc3C2)c1C. The smallest absolute Gasteiger partial charge is 0.173 e. The van der Waals surface area contributed by atoms with Crippen LogP contribution in [-0.2, 0) is 19.5 Å². The minimum absolute atomic E-state index is 0.862. The fourth-order valence-corrected chi connectivity index (χ4v) is 3.75. The molecule has 0 fully saturated rings. The first kappa shape index (κ1) is 16.4. The lowest BCUT2D eigenvalue weighted by atomic mass is 10.0. The maximum Gasteiger partial charge on any atom is 0.173 e. The third kappa shape index (κ3) is 3.49. The van der Waals surface area contributed by atoms with Crippen LogP contribution in [0.3, 0.4) is 0 Å². The molecular weight excluding hydrogens is 308 g/mol. The van der Waals surface area contributed by atoms with E-state index in [1.165, 1.54) is 40.8 Å². The fraction of sp³-hybridized carbons (Fsp3) is 0.476. The Bertz CT molecular complexity index is 810. The van der Waals surface area contributed by atoms with Crippen molar-refractivity contribution in [3.8, 4) is 0 Å². The zero-order chi connectivity index (χ0) is 17.2. The van der Waals surface area contributed by atoms with Crippen LogP contribution in [0.2, 0.25) is 0 Å². The van der Waals surface area contributed by atoms with Gasteiger partial charge in [0.1, 0.15) is 0 Å². The molecule has 0 unspecified atom stereocenters. The van der Waals surface area contributed by atoms with Crippen molar-refractivity contribution in [2.24, 2.45) is 4.99 Å². The summed E-state index contributed by atoms with van der Waals surface area (Å²) in [6.07, 6.45) is 6.47. The van der Waals surface area contributed by atoms with Crippen LogP contribution in [0.1, 0.15) is 53.0 Å². The number of hydrogen-bond acceptors (Lipinski definition) is 4. The van der Waals surface area contributed by atoms with Gasteiger partial charge in [-0.25, -0.2) is 9.97 Å². The summed E-state index contributed by atoms with van der Waals surface area (Å²) in [4.78, 5) is 16.6. The number of aryl methyl sites for hydroxylation is 1. The van der Waals surface area contributed by atoms with E-state index in [-0.39, 0.29) is 0 Å². The molecule has 0 spiro atoms. The largest absolute Gasteiger partial charge is 0.294 e. The predicted octanol–water partition coefficient (Wildman–Crippen LogP) is 3.62. The molecule has 25 heavy (non-hydrogen) atoms. The maximum absolute atomic E-state index is 4.84. The van der Waals surface area contributed by atoms with E-state index in [1.807, 2.05) is 6.20 Å². The van der Waals surface area contributed by atoms with Crippen molar-refractivity contribution in [1.82, 2.24) is 14.9 Å². The minimum atomic E-state index is 0.862. The van der Waals surface area contributed by atoms with E-state index in [9.17, 15) is 0 Å². The van der Waals surface area contributed by atoms with Gasteiger partial charge in [0.25, 0.3) is 0 Å². The molecule has 0 radical (unpaired) electrons.